The number of hydrogen-bond donors (Lipinski definition) is 1. The minimum Gasteiger partial charge on any atom is -0.494 e. The molecule has 0 spiro atoms. The molecule has 35 heavy (non-hydrogen) atoms. The summed E-state index contributed by atoms with van der Waals surface area (Å²) < 4.78 is 67.5. The third-order valence-electron chi connectivity index (χ3n) is 6.19. The fourth-order valence-electron chi connectivity index (χ4n) is 4.18. The number of benzene rings is 3. The maximum atomic E-state index is 14.1. The first-order valence-electron chi connectivity index (χ1n) is 10.8. The average Bonchev–Trinajstić information content (AvgIpc) is 2.83. The molecule has 0 aromatic heterocycles. The van der Waals surface area contributed by atoms with Gasteiger partial charge in [-0.25, -0.2) is 17.2 Å². The summed E-state index contributed by atoms with van der Waals surface area (Å²) in [6.07, 6.45) is 0.450. The maximum Gasteiger partial charge on any atom is 0.264 e. The molecule has 3 aromatic carbocycles. The molecule has 1 unspecified atom stereocenters. The maximum absolute atomic E-state index is 14.1. The molecule has 0 bridgehead atoms. The van der Waals surface area contributed by atoms with Gasteiger partial charge in [0, 0.05) is 36.3 Å². The van der Waals surface area contributed by atoms with Crippen LogP contribution in [-0.2, 0) is 23.1 Å². The Hall–Kier alpha value is -2.88. The largest absolute Gasteiger partial charge is 0.494 e. The monoisotopic (exact) mass is 523 g/mol. The van der Waals surface area contributed by atoms with E-state index in [9.17, 15) is 22.3 Å². The van der Waals surface area contributed by atoms with Gasteiger partial charge in [0.2, 0.25) is 0 Å². The van der Waals surface area contributed by atoms with E-state index >= 15 is 0 Å². The fraction of sp³-hybridized carbons (Fsp3) is 0.280. The van der Waals surface area contributed by atoms with Crippen molar-refractivity contribution in [1.29, 1.82) is 0 Å². The van der Waals surface area contributed by atoms with Crippen molar-refractivity contribution in [2.24, 2.45) is 5.92 Å². The number of ether oxygens (including phenoxy) is 2. The molecule has 1 heterocycles. The molecule has 1 N–H and O–H groups in total. The van der Waals surface area contributed by atoms with Crippen molar-refractivity contribution in [3.8, 4) is 11.5 Å². The van der Waals surface area contributed by atoms with Crippen molar-refractivity contribution < 1.29 is 31.8 Å². The Labute approximate surface area is 207 Å². The zero-order valence-electron chi connectivity index (χ0n) is 19.0. The third-order valence-corrected chi connectivity index (χ3v) is 8.44. The topological polar surface area (TPSA) is 76.1 Å². The smallest absolute Gasteiger partial charge is 0.264 e. The Balaban J connectivity index is 1.74. The molecular formula is C25H24ClF2NO5S. The van der Waals surface area contributed by atoms with Crippen LogP contribution in [0.2, 0.25) is 5.02 Å². The van der Waals surface area contributed by atoms with E-state index in [1.54, 1.807) is 31.2 Å². The van der Waals surface area contributed by atoms with E-state index in [1.807, 2.05) is 0 Å². The molecule has 4 rings (SSSR count). The second-order valence-corrected chi connectivity index (χ2v) is 10.5. The lowest BCUT2D eigenvalue weighted by Crippen LogP contribution is -2.48. The van der Waals surface area contributed by atoms with E-state index in [-0.39, 0.29) is 40.4 Å². The molecule has 0 radical (unpaired) electrons. The second kappa shape index (κ2) is 10.0. The molecule has 1 aliphatic rings. The fourth-order valence-corrected chi connectivity index (χ4v) is 6.16. The van der Waals surface area contributed by atoms with E-state index in [0.717, 1.165) is 12.1 Å². The van der Waals surface area contributed by atoms with E-state index in [1.165, 1.54) is 29.6 Å². The number of hydrogen-bond acceptors (Lipinski definition) is 5. The highest BCUT2D eigenvalue weighted by Gasteiger charge is 2.39. The van der Waals surface area contributed by atoms with Gasteiger partial charge >= 0.3 is 0 Å². The number of aliphatic hydroxyl groups is 1. The number of anilines is 1. The molecule has 0 saturated carbocycles. The molecule has 3 aromatic rings. The van der Waals surface area contributed by atoms with Crippen LogP contribution < -0.4 is 13.8 Å². The Kier molecular flexibility index (Phi) is 7.21. The van der Waals surface area contributed by atoms with Gasteiger partial charge in [-0.3, -0.25) is 4.31 Å². The van der Waals surface area contributed by atoms with Gasteiger partial charge in [0.25, 0.3) is 10.0 Å². The van der Waals surface area contributed by atoms with Gasteiger partial charge in [0.1, 0.15) is 18.2 Å². The Morgan fingerprint density at radius 2 is 1.89 bits per heavy atom. The normalized spacial score (nSPS) is 17.7. The summed E-state index contributed by atoms with van der Waals surface area (Å²) in [6, 6.07) is 12.0. The van der Waals surface area contributed by atoms with Crippen LogP contribution in [0.5, 0.6) is 11.5 Å². The highest BCUT2D eigenvalue weighted by Crippen LogP contribution is 2.40. The van der Waals surface area contributed by atoms with E-state index in [0.29, 0.717) is 23.4 Å². The number of nitrogens with zero attached hydrogens (tertiary/aromatic N) is 1. The van der Waals surface area contributed by atoms with Crippen LogP contribution in [0.25, 0.3) is 0 Å². The lowest BCUT2D eigenvalue weighted by atomic mass is 9.88. The molecule has 1 aliphatic heterocycles. The SMILES string of the molecule is COc1cc(S(=O)(=O)N2c3cc(OCc4c(F)cccc4Cl)ccc3CC(CO)[C@H]2C)ccc1F. The zero-order valence-corrected chi connectivity index (χ0v) is 20.6. The van der Waals surface area contributed by atoms with E-state index < -0.39 is 27.7 Å². The molecule has 6 nitrogen and oxygen atoms in total. The molecule has 10 heteroatoms. The van der Waals surface area contributed by atoms with Crippen molar-refractivity contribution in [1.82, 2.24) is 0 Å². The van der Waals surface area contributed by atoms with Crippen molar-refractivity contribution >= 4 is 27.3 Å². The summed E-state index contributed by atoms with van der Waals surface area (Å²) in [4.78, 5) is -0.156. The summed E-state index contributed by atoms with van der Waals surface area (Å²) in [6.45, 7) is 1.33. The summed E-state index contributed by atoms with van der Waals surface area (Å²) >= 11 is 6.08. The Bertz CT molecular complexity index is 1330. The molecule has 0 fully saturated rings. The van der Waals surface area contributed by atoms with Gasteiger partial charge in [0.15, 0.2) is 11.6 Å². The van der Waals surface area contributed by atoms with E-state index in [4.69, 9.17) is 21.1 Å². The molecule has 0 aliphatic carbocycles. The standard InChI is InChI=1S/C25H24ClF2NO5S/c1-15-17(13-30)10-16-6-7-18(34-14-20-21(26)4-3-5-22(20)27)11-24(16)29(15)35(31,32)19-8-9-23(28)25(12-19)33-2/h3-9,11-12,15,17,30H,10,13-14H2,1-2H3/t15-,17?/m1/s1. The summed E-state index contributed by atoms with van der Waals surface area (Å²) in [5.41, 5.74) is 1.24. The van der Waals surface area contributed by atoms with Crippen LogP contribution in [0.1, 0.15) is 18.1 Å². The molecule has 2 atom stereocenters. The molecule has 0 saturated heterocycles. The minimum atomic E-state index is -4.18. The number of sulfonamides is 1. The zero-order chi connectivity index (χ0) is 25.3. The number of fused-ring (bicyclic) bond motifs is 1. The highest BCUT2D eigenvalue weighted by molar-refractivity contribution is 7.92. The molecular weight excluding hydrogens is 500 g/mol. The number of methoxy groups -OCH3 is 1. The van der Waals surface area contributed by atoms with E-state index in [2.05, 4.69) is 0 Å². The van der Waals surface area contributed by atoms with Gasteiger partial charge < -0.3 is 14.6 Å². The van der Waals surface area contributed by atoms with Crippen LogP contribution in [0.15, 0.2) is 59.5 Å². The molecule has 186 valence electrons. The summed E-state index contributed by atoms with van der Waals surface area (Å²) in [5.74, 6) is -1.44. The predicted molar refractivity (Wildman–Crippen MR) is 129 cm³/mol. The lowest BCUT2D eigenvalue weighted by molar-refractivity contribution is 0.205. The van der Waals surface area contributed by atoms with Crippen molar-refractivity contribution in [3.63, 3.8) is 0 Å². The highest BCUT2D eigenvalue weighted by atomic mass is 35.5. The quantitative estimate of drug-likeness (QED) is 0.474. The van der Waals surface area contributed by atoms with Gasteiger partial charge in [-0.2, -0.15) is 0 Å². The predicted octanol–water partition coefficient (Wildman–Crippen LogP) is 4.95. The summed E-state index contributed by atoms with van der Waals surface area (Å²) in [7, 11) is -2.92. The van der Waals surface area contributed by atoms with Crippen molar-refractivity contribution in [3.05, 3.63) is 82.4 Å². The number of aliphatic hydroxyl groups excluding tert-OH is 1. The van der Waals surface area contributed by atoms with Crippen LogP contribution in [0.4, 0.5) is 14.5 Å². The van der Waals surface area contributed by atoms with Crippen LogP contribution >= 0.6 is 11.6 Å². The van der Waals surface area contributed by atoms with Crippen LogP contribution in [0, 0.1) is 17.6 Å². The number of rotatable bonds is 7. The lowest BCUT2D eigenvalue weighted by Gasteiger charge is -2.40. The minimum absolute atomic E-state index is 0.152. The van der Waals surface area contributed by atoms with Gasteiger partial charge in [0.05, 0.1) is 22.7 Å². The first-order chi connectivity index (χ1) is 16.7. The second-order valence-electron chi connectivity index (χ2n) is 8.26. The van der Waals surface area contributed by atoms with Crippen LogP contribution in [0.3, 0.4) is 0 Å². The Morgan fingerprint density at radius 1 is 1.11 bits per heavy atom. The van der Waals surface area contributed by atoms with Gasteiger partial charge in [-0.15, -0.1) is 0 Å². The summed E-state index contributed by atoms with van der Waals surface area (Å²) in [5, 5.41) is 10.1. The number of halogens is 3. The third kappa shape index (κ3) is 4.80. The first-order valence-corrected chi connectivity index (χ1v) is 12.7. The van der Waals surface area contributed by atoms with Crippen LogP contribution in [-0.4, -0.2) is 33.3 Å². The molecule has 0 amide bonds. The Morgan fingerprint density at radius 3 is 2.57 bits per heavy atom. The van der Waals surface area contributed by atoms with Crippen molar-refractivity contribution in [2.45, 2.75) is 30.9 Å². The van der Waals surface area contributed by atoms with Crippen molar-refractivity contribution in [2.75, 3.05) is 18.0 Å². The average molecular weight is 524 g/mol. The first kappa shape index (κ1) is 25.2. The van der Waals surface area contributed by atoms with Gasteiger partial charge in [-0.1, -0.05) is 23.7 Å². The van der Waals surface area contributed by atoms with Gasteiger partial charge in [-0.05, 0) is 49.2 Å².